The van der Waals surface area contributed by atoms with Crippen molar-refractivity contribution in [1.29, 1.82) is 0 Å². The lowest BCUT2D eigenvalue weighted by atomic mass is 9.97. The van der Waals surface area contributed by atoms with E-state index in [9.17, 15) is 14.4 Å². The average Bonchev–Trinajstić information content (AvgIpc) is 3.28. The van der Waals surface area contributed by atoms with Crippen LogP contribution in [0.25, 0.3) is 0 Å². The topological polar surface area (TPSA) is 84.9 Å². The van der Waals surface area contributed by atoms with Crippen LogP contribution >= 0.6 is 22.9 Å². The summed E-state index contributed by atoms with van der Waals surface area (Å²) < 4.78 is 10.6. The number of nitrogens with zero attached hydrogens (tertiary/aromatic N) is 1. The lowest BCUT2D eigenvalue weighted by Crippen LogP contribution is -2.41. The number of halogens is 1. The molecule has 0 aliphatic carbocycles. The van der Waals surface area contributed by atoms with Crippen molar-refractivity contribution in [2.24, 2.45) is 5.92 Å². The summed E-state index contributed by atoms with van der Waals surface area (Å²) in [5.41, 5.74) is 0.401. The normalized spacial score (nSPS) is 15.4. The van der Waals surface area contributed by atoms with Gasteiger partial charge in [0.05, 0.1) is 23.6 Å². The molecule has 1 atom stereocenters. The maximum atomic E-state index is 12.5. The van der Waals surface area contributed by atoms with Crippen molar-refractivity contribution in [3.63, 3.8) is 0 Å². The number of benzene rings is 1. The first-order valence-electron chi connectivity index (χ1n) is 9.56. The first kappa shape index (κ1) is 22.1. The molecule has 1 aliphatic rings. The van der Waals surface area contributed by atoms with Gasteiger partial charge in [-0.25, -0.2) is 0 Å². The van der Waals surface area contributed by atoms with Crippen LogP contribution in [-0.4, -0.2) is 49.0 Å². The molecule has 1 fully saturated rings. The molecule has 1 aliphatic heterocycles. The Morgan fingerprint density at radius 3 is 2.60 bits per heavy atom. The number of rotatable bonds is 6. The van der Waals surface area contributed by atoms with Gasteiger partial charge in [0.1, 0.15) is 5.75 Å². The van der Waals surface area contributed by atoms with Crippen LogP contribution < -0.4 is 10.1 Å². The van der Waals surface area contributed by atoms with Crippen LogP contribution in [-0.2, 0) is 14.3 Å². The maximum absolute atomic E-state index is 12.5. The van der Waals surface area contributed by atoms with E-state index in [0.29, 0.717) is 47.3 Å². The third-order valence-corrected chi connectivity index (χ3v) is 6.02. The second-order valence-corrected chi connectivity index (χ2v) is 8.34. The van der Waals surface area contributed by atoms with E-state index in [-0.39, 0.29) is 11.8 Å². The van der Waals surface area contributed by atoms with Crippen molar-refractivity contribution < 1.29 is 23.9 Å². The lowest BCUT2D eigenvalue weighted by molar-refractivity contribution is -0.158. The van der Waals surface area contributed by atoms with Crippen LogP contribution in [0.4, 0.5) is 5.69 Å². The predicted molar refractivity (Wildman–Crippen MR) is 115 cm³/mol. The number of carbonyl (C=O) groups is 3. The Morgan fingerprint density at radius 1 is 1.23 bits per heavy atom. The van der Waals surface area contributed by atoms with E-state index in [4.69, 9.17) is 21.1 Å². The van der Waals surface area contributed by atoms with Crippen LogP contribution in [0.2, 0.25) is 5.02 Å². The van der Waals surface area contributed by atoms with E-state index in [2.05, 4.69) is 5.32 Å². The van der Waals surface area contributed by atoms with E-state index in [1.807, 2.05) is 11.4 Å². The highest BCUT2D eigenvalue weighted by Crippen LogP contribution is 2.28. The monoisotopic (exact) mass is 450 g/mol. The number of hydrogen-bond donors (Lipinski definition) is 1. The summed E-state index contributed by atoms with van der Waals surface area (Å²) in [6.45, 7) is 2.48. The van der Waals surface area contributed by atoms with Crippen LogP contribution in [0.3, 0.4) is 0 Å². The number of carbonyl (C=O) groups excluding carboxylic acids is 3. The van der Waals surface area contributed by atoms with Crippen LogP contribution in [0.15, 0.2) is 35.7 Å². The molecule has 2 aromatic rings. The molecular weight excluding hydrogens is 428 g/mol. The van der Waals surface area contributed by atoms with Gasteiger partial charge >= 0.3 is 5.97 Å². The van der Waals surface area contributed by atoms with E-state index in [1.165, 1.54) is 25.4 Å². The van der Waals surface area contributed by atoms with Gasteiger partial charge in [0.25, 0.3) is 11.8 Å². The van der Waals surface area contributed by atoms with E-state index in [1.54, 1.807) is 29.2 Å². The second kappa shape index (κ2) is 9.95. The highest BCUT2D eigenvalue weighted by Gasteiger charge is 2.31. The molecule has 1 saturated heterocycles. The van der Waals surface area contributed by atoms with Crippen molar-refractivity contribution in [1.82, 2.24) is 4.90 Å². The number of hydrogen-bond acceptors (Lipinski definition) is 6. The Bertz CT molecular complexity index is 910. The molecule has 1 aromatic carbocycles. The molecule has 0 spiro atoms. The molecular formula is C21H23ClN2O5S. The number of piperidine rings is 1. The molecule has 9 heteroatoms. The Kier molecular flexibility index (Phi) is 7.33. The first-order valence-corrected chi connectivity index (χ1v) is 10.8. The van der Waals surface area contributed by atoms with Crippen molar-refractivity contribution in [3.05, 3.63) is 45.6 Å². The van der Waals surface area contributed by atoms with E-state index >= 15 is 0 Å². The summed E-state index contributed by atoms with van der Waals surface area (Å²) in [5.74, 6) is -0.810. The standard InChI is InChI=1S/C21H23ClN2O5S/c1-13(19(25)23-16-12-15(22)5-6-17(16)28-2)29-21(27)14-7-9-24(10-8-14)20(26)18-4-3-11-30-18/h3-6,11-14H,7-10H2,1-2H3,(H,23,25). The summed E-state index contributed by atoms with van der Waals surface area (Å²) in [4.78, 5) is 39.8. The number of ether oxygens (including phenoxy) is 2. The number of likely N-dealkylation sites (tertiary alicyclic amines) is 1. The minimum absolute atomic E-state index is 0.0139. The fourth-order valence-corrected chi connectivity index (χ4v) is 4.07. The largest absolute Gasteiger partial charge is 0.495 e. The number of amides is 2. The minimum Gasteiger partial charge on any atom is -0.495 e. The van der Waals surface area contributed by atoms with Crippen LogP contribution in [0.5, 0.6) is 5.75 Å². The van der Waals surface area contributed by atoms with Gasteiger partial charge in [0, 0.05) is 18.1 Å². The molecule has 0 bridgehead atoms. The zero-order valence-corrected chi connectivity index (χ0v) is 18.3. The molecule has 1 N–H and O–H groups in total. The summed E-state index contributed by atoms with van der Waals surface area (Å²) in [6.07, 6.45) is 0.0330. The summed E-state index contributed by atoms with van der Waals surface area (Å²) in [5, 5.41) is 4.98. The quantitative estimate of drug-likeness (QED) is 0.676. The molecule has 160 valence electrons. The van der Waals surface area contributed by atoms with Crippen molar-refractivity contribution in [2.75, 3.05) is 25.5 Å². The number of esters is 1. The molecule has 1 unspecified atom stereocenters. The third-order valence-electron chi connectivity index (χ3n) is 4.93. The van der Waals surface area contributed by atoms with E-state index < -0.39 is 18.0 Å². The summed E-state index contributed by atoms with van der Waals surface area (Å²) in [6, 6.07) is 8.48. The first-order chi connectivity index (χ1) is 14.4. The molecule has 3 rings (SSSR count). The SMILES string of the molecule is COc1ccc(Cl)cc1NC(=O)C(C)OC(=O)C1CCN(C(=O)c2cccs2)CC1. The zero-order chi connectivity index (χ0) is 21.7. The Morgan fingerprint density at radius 2 is 1.97 bits per heavy atom. The fourth-order valence-electron chi connectivity index (χ4n) is 3.21. The van der Waals surface area contributed by atoms with Crippen molar-refractivity contribution in [2.45, 2.75) is 25.9 Å². The molecule has 1 aromatic heterocycles. The maximum Gasteiger partial charge on any atom is 0.309 e. The fraction of sp³-hybridized carbons (Fsp3) is 0.381. The molecule has 0 saturated carbocycles. The molecule has 2 amide bonds. The van der Waals surface area contributed by atoms with Gasteiger partial charge in [0.15, 0.2) is 6.10 Å². The van der Waals surface area contributed by atoms with Gasteiger partial charge in [-0.05, 0) is 49.4 Å². The van der Waals surface area contributed by atoms with Gasteiger partial charge in [-0.2, -0.15) is 0 Å². The van der Waals surface area contributed by atoms with Gasteiger partial charge < -0.3 is 19.7 Å². The Balaban J connectivity index is 1.50. The van der Waals surface area contributed by atoms with E-state index in [0.717, 1.165) is 0 Å². The van der Waals surface area contributed by atoms with Crippen LogP contribution in [0, 0.1) is 5.92 Å². The number of nitrogens with one attached hydrogen (secondary N) is 1. The highest BCUT2D eigenvalue weighted by molar-refractivity contribution is 7.12. The third kappa shape index (κ3) is 5.31. The zero-order valence-electron chi connectivity index (χ0n) is 16.7. The number of anilines is 1. The highest BCUT2D eigenvalue weighted by atomic mass is 35.5. The summed E-state index contributed by atoms with van der Waals surface area (Å²) in [7, 11) is 1.48. The van der Waals surface area contributed by atoms with Crippen molar-refractivity contribution >= 4 is 46.4 Å². The van der Waals surface area contributed by atoms with Gasteiger partial charge in [-0.1, -0.05) is 17.7 Å². The predicted octanol–water partition coefficient (Wildman–Crippen LogP) is 3.83. The van der Waals surface area contributed by atoms with Crippen LogP contribution in [0.1, 0.15) is 29.4 Å². The van der Waals surface area contributed by atoms with Gasteiger partial charge in [-0.15, -0.1) is 11.3 Å². The number of methoxy groups -OCH3 is 1. The number of thiophene rings is 1. The lowest BCUT2D eigenvalue weighted by Gasteiger charge is -2.31. The molecule has 7 nitrogen and oxygen atoms in total. The molecule has 30 heavy (non-hydrogen) atoms. The Labute approximate surface area is 183 Å². The second-order valence-electron chi connectivity index (χ2n) is 6.96. The minimum atomic E-state index is -0.980. The summed E-state index contributed by atoms with van der Waals surface area (Å²) >= 11 is 7.37. The Hall–Kier alpha value is -2.58. The van der Waals surface area contributed by atoms with Gasteiger partial charge in [-0.3, -0.25) is 14.4 Å². The van der Waals surface area contributed by atoms with Crippen molar-refractivity contribution in [3.8, 4) is 5.75 Å². The molecule has 2 heterocycles. The molecule has 0 radical (unpaired) electrons. The average molecular weight is 451 g/mol. The van der Waals surface area contributed by atoms with Gasteiger partial charge in [0.2, 0.25) is 0 Å². The smallest absolute Gasteiger partial charge is 0.309 e.